The van der Waals surface area contributed by atoms with E-state index in [1.807, 2.05) is 0 Å². The van der Waals surface area contributed by atoms with Gasteiger partial charge in [0.05, 0.1) is 5.41 Å². The average Bonchev–Trinajstić information content (AvgIpc) is 2.77. The van der Waals surface area contributed by atoms with Crippen molar-refractivity contribution in [3.8, 4) is 23.0 Å². The summed E-state index contributed by atoms with van der Waals surface area (Å²) < 4.78 is 82.1. The van der Waals surface area contributed by atoms with Crippen LogP contribution in [0.15, 0.2) is 48.6 Å². The molecular formula is C24H20F6O6. The van der Waals surface area contributed by atoms with Gasteiger partial charge in [0, 0.05) is 0 Å². The van der Waals surface area contributed by atoms with Gasteiger partial charge in [0.15, 0.2) is 34.6 Å². The lowest BCUT2D eigenvalue weighted by molar-refractivity contribution is -0.276. The summed E-state index contributed by atoms with van der Waals surface area (Å²) in [6.45, 7) is 2.87. The van der Waals surface area contributed by atoms with Gasteiger partial charge >= 0.3 is 12.7 Å². The van der Waals surface area contributed by atoms with Crippen molar-refractivity contribution >= 4 is 23.7 Å². The molecule has 2 N–H and O–H groups in total. The molecule has 0 aromatic heterocycles. The zero-order valence-corrected chi connectivity index (χ0v) is 18.8. The fourth-order valence-electron chi connectivity index (χ4n) is 2.86. The van der Waals surface area contributed by atoms with Crippen molar-refractivity contribution in [2.75, 3.05) is 0 Å². The van der Waals surface area contributed by atoms with Crippen LogP contribution >= 0.6 is 0 Å². The van der Waals surface area contributed by atoms with E-state index in [1.54, 1.807) is 6.92 Å². The molecule has 0 aliphatic heterocycles. The molecule has 0 aliphatic rings. The molecular weight excluding hydrogens is 498 g/mol. The average molecular weight is 518 g/mol. The summed E-state index contributed by atoms with van der Waals surface area (Å²) in [6, 6.07) is 6.02. The van der Waals surface area contributed by atoms with Crippen LogP contribution in [0.2, 0.25) is 0 Å². The van der Waals surface area contributed by atoms with Crippen LogP contribution in [-0.4, -0.2) is 34.5 Å². The number of benzene rings is 2. The van der Waals surface area contributed by atoms with Crippen molar-refractivity contribution in [2.45, 2.75) is 33.0 Å². The number of alkyl halides is 6. The molecule has 0 unspecified atom stereocenters. The molecule has 0 radical (unpaired) electrons. The van der Waals surface area contributed by atoms with Crippen molar-refractivity contribution in [2.24, 2.45) is 5.41 Å². The molecule has 194 valence electrons. The van der Waals surface area contributed by atoms with Crippen LogP contribution in [0.5, 0.6) is 23.0 Å². The lowest BCUT2D eigenvalue weighted by Gasteiger charge is -2.21. The topological polar surface area (TPSA) is 93.1 Å². The number of phenolic OH excluding ortho intramolecular Hbond substituents is 2. The molecule has 0 spiro atoms. The van der Waals surface area contributed by atoms with Gasteiger partial charge in [-0.2, -0.15) is 0 Å². The Labute approximate surface area is 201 Å². The van der Waals surface area contributed by atoms with E-state index < -0.39 is 52.7 Å². The Balaban J connectivity index is 2.22. The molecule has 0 heterocycles. The largest absolute Gasteiger partial charge is 0.573 e. The fourth-order valence-corrected chi connectivity index (χ4v) is 2.86. The third kappa shape index (κ3) is 7.79. The Morgan fingerprint density at radius 3 is 1.44 bits per heavy atom. The zero-order valence-electron chi connectivity index (χ0n) is 18.8. The Morgan fingerprint density at radius 1 is 0.778 bits per heavy atom. The number of hydrogen-bond donors (Lipinski definition) is 2. The zero-order chi connectivity index (χ0) is 27.3. The van der Waals surface area contributed by atoms with Gasteiger partial charge in [-0.1, -0.05) is 31.2 Å². The van der Waals surface area contributed by atoms with Crippen LogP contribution in [0.25, 0.3) is 12.2 Å². The fraction of sp³-hybridized carbons (Fsp3) is 0.250. The molecule has 0 fully saturated rings. The Morgan fingerprint density at radius 2 is 1.14 bits per heavy atom. The van der Waals surface area contributed by atoms with Crippen LogP contribution in [0.4, 0.5) is 26.3 Å². The van der Waals surface area contributed by atoms with E-state index in [4.69, 9.17) is 0 Å². The SMILES string of the molecule is CCC(C)(C(=O)/C=C/c1ccc(O)c(OC(F)(F)F)c1)C(=O)/C=C/c1ccc(O)c(OC(F)(F)F)c1. The van der Waals surface area contributed by atoms with Crippen molar-refractivity contribution in [1.82, 2.24) is 0 Å². The molecule has 0 saturated heterocycles. The second-order valence-corrected chi connectivity index (χ2v) is 7.63. The summed E-state index contributed by atoms with van der Waals surface area (Å²) in [4.78, 5) is 25.6. The van der Waals surface area contributed by atoms with Gasteiger partial charge in [0.25, 0.3) is 0 Å². The number of aromatic hydroxyl groups is 2. The number of allylic oxidation sites excluding steroid dienone is 2. The minimum absolute atomic E-state index is 0.0232. The third-order valence-corrected chi connectivity index (χ3v) is 5.07. The highest BCUT2D eigenvalue weighted by atomic mass is 19.4. The molecule has 0 aliphatic carbocycles. The van der Waals surface area contributed by atoms with Gasteiger partial charge in [-0.25, -0.2) is 0 Å². The van der Waals surface area contributed by atoms with Gasteiger partial charge in [0.1, 0.15) is 0 Å². The summed E-state index contributed by atoms with van der Waals surface area (Å²) >= 11 is 0. The van der Waals surface area contributed by atoms with Gasteiger partial charge in [-0.3, -0.25) is 9.59 Å². The minimum atomic E-state index is -5.05. The van der Waals surface area contributed by atoms with Crippen LogP contribution in [0.3, 0.4) is 0 Å². The van der Waals surface area contributed by atoms with Gasteiger partial charge in [-0.15, -0.1) is 26.3 Å². The van der Waals surface area contributed by atoms with Crippen molar-refractivity contribution in [3.05, 3.63) is 59.7 Å². The molecule has 12 heteroatoms. The Bertz CT molecular complexity index is 1090. The summed E-state index contributed by atoms with van der Waals surface area (Å²) in [5.74, 6) is -4.69. The van der Waals surface area contributed by atoms with Crippen LogP contribution < -0.4 is 9.47 Å². The van der Waals surface area contributed by atoms with Crippen molar-refractivity contribution < 1.29 is 55.6 Å². The minimum Gasteiger partial charge on any atom is -0.504 e. The van der Waals surface area contributed by atoms with Crippen LogP contribution in [0.1, 0.15) is 31.4 Å². The molecule has 0 saturated carbocycles. The van der Waals surface area contributed by atoms with Gasteiger partial charge < -0.3 is 19.7 Å². The number of carbonyl (C=O) groups is 2. The predicted octanol–water partition coefficient (Wildman–Crippen LogP) is 6.18. The van der Waals surface area contributed by atoms with E-state index in [-0.39, 0.29) is 17.5 Å². The van der Waals surface area contributed by atoms with E-state index in [9.17, 15) is 46.1 Å². The predicted molar refractivity (Wildman–Crippen MR) is 116 cm³/mol. The molecule has 2 aromatic rings. The van der Waals surface area contributed by atoms with Crippen LogP contribution in [0, 0.1) is 5.41 Å². The Kier molecular flexibility index (Phi) is 8.45. The third-order valence-electron chi connectivity index (χ3n) is 5.07. The standard InChI is InChI=1S/C24H20F6O6/c1-3-22(2,20(33)10-6-14-4-8-16(31)18(12-14)35-23(25,26)27)21(34)11-7-15-5-9-17(32)19(13-15)36-24(28,29)30/h4-13,31-32H,3H2,1-2H3/b10-6+,11-7+. The molecule has 2 aromatic carbocycles. The maximum Gasteiger partial charge on any atom is 0.573 e. The first-order chi connectivity index (χ1) is 16.5. The quantitative estimate of drug-likeness (QED) is 0.234. The summed E-state index contributed by atoms with van der Waals surface area (Å²) in [5.41, 5.74) is -1.46. The number of carbonyl (C=O) groups excluding carboxylic acids is 2. The molecule has 0 atom stereocenters. The number of ketones is 2. The molecule has 2 rings (SSSR count). The lowest BCUT2D eigenvalue weighted by Crippen LogP contribution is -2.33. The van der Waals surface area contributed by atoms with E-state index in [2.05, 4.69) is 9.47 Å². The highest BCUT2D eigenvalue weighted by molar-refractivity contribution is 6.17. The summed E-state index contributed by atoms with van der Waals surface area (Å²) in [7, 11) is 0. The number of hydrogen-bond acceptors (Lipinski definition) is 6. The summed E-state index contributed by atoms with van der Waals surface area (Å²) in [6.07, 6.45) is -5.84. The monoisotopic (exact) mass is 518 g/mol. The number of phenols is 2. The molecule has 0 amide bonds. The van der Waals surface area contributed by atoms with E-state index in [0.717, 1.165) is 48.6 Å². The molecule has 0 bridgehead atoms. The molecule has 6 nitrogen and oxygen atoms in total. The number of halogens is 6. The van der Waals surface area contributed by atoms with Crippen molar-refractivity contribution in [1.29, 1.82) is 0 Å². The maximum atomic E-state index is 12.8. The van der Waals surface area contributed by atoms with Gasteiger partial charge in [0.2, 0.25) is 0 Å². The first kappa shape index (κ1) is 28.3. The summed E-state index contributed by atoms with van der Waals surface area (Å²) in [5, 5.41) is 19.0. The first-order valence-electron chi connectivity index (χ1n) is 10.2. The van der Waals surface area contributed by atoms with E-state index >= 15 is 0 Å². The normalized spacial score (nSPS) is 12.8. The second kappa shape index (κ2) is 10.8. The number of ether oxygens (including phenoxy) is 2. The first-order valence-corrected chi connectivity index (χ1v) is 10.2. The van der Waals surface area contributed by atoms with Crippen LogP contribution in [-0.2, 0) is 9.59 Å². The smallest absolute Gasteiger partial charge is 0.504 e. The molecule has 36 heavy (non-hydrogen) atoms. The lowest BCUT2D eigenvalue weighted by atomic mass is 9.78. The highest BCUT2D eigenvalue weighted by Gasteiger charge is 2.36. The van der Waals surface area contributed by atoms with Gasteiger partial charge in [-0.05, 0) is 60.9 Å². The van der Waals surface area contributed by atoms with E-state index in [0.29, 0.717) is 0 Å². The highest BCUT2D eigenvalue weighted by Crippen LogP contribution is 2.34. The van der Waals surface area contributed by atoms with Crippen molar-refractivity contribution in [3.63, 3.8) is 0 Å². The maximum absolute atomic E-state index is 12.8. The Hall–Kier alpha value is -3.96. The van der Waals surface area contributed by atoms with E-state index in [1.165, 1.54) is 19.1 Å². The number of rotatable bonds is 9. The second-order valence-electron chi connectivity index (χ2n) is 7.63.